The van der Waals surface area contributed by atoms with Gasteiger partial charge in [-0.2, -0.15) is 10.2 Å². The Morgan fingerprint density at radius 1 is 1.38 bits per heavy atom. The van der Waals surface area contributed by atoms with Gasteiger partial charge >= 0.3 is 5.97 Å². The Morgan fingerprint density at radius 2 is 2.08 bits per heavy atom. The quantitative estimate of drug-likeness (QED) is 0.595. The molecule has 0 aromatic heterocycles. The third-order valence-corrected chi connectivity index (χ3v) is 2.51. The number of azo groups is 1. The van der Waals surface area contributed by atoms with Crippen molar-refractivity contribution in [2.24, 2.45) is 10.2 Å². The number of nitrogens with zero attached hydrogens (tertiary/aromatic N) is 2. The van der Waals surface area contributed by atoms with Crippen molar-refractivity contribution in [3.8, 4) is 0 Å². The van der Waals surface area contributed by atoms with Gasteiger partial charge in [0, 0.05) is 19.8 Å². The van der Waals surface area contributed by atoms with Crippen molar-refractivity contribution in [3.63, 3.8) is 0 Å². The van der Waals surface area contributed by atoms with E-state index in [9.17, 15) is 9.90 Å². The zero-order chi connectivity index (χ0) is 9.42. The lowest BCUT2D eigenvalue weighted by Gasteiger charge is -2.28. The van der Waals surface area contributed by atoms with Crippen molar-refractivity contribution in [1.29, 1.82) is 0 Å². The molecule has 0 radical (unpaired) electrons. The number of aliphatic hydroxyl groups excluding tert-OH is 1. The molecule has 0 aromatic rings. The fourth-order valence-corrected chi connectivity index (χ4v) is 1.87. The highest BCUT2D eigenvalue weighted by Gasteiger charge is 2.42. The van der Waals surface area contributed by atoms with Gasteiger partial charge in [0.05, 0.1) is 12.1 Å². The standard InChI is InChI=1S/C8H12N2O3/c1-4(11)13-8-3-7(12)5-2-6(8)10-9-5/h5-8,12H,2-3H2,1H3. The van der Waals surface area contributed by atoms with Gasteiger partial charge in [0.2, 0.25) is 0 Å². The third kappa shape index (κ3) is 1.56. The van der Waals surface area contributed by atoms with E-state index in [1.807, 2.05) is 0 Å². The SMILES string of the molecule is CC(=O)OC1CC(O)C2CC1N=N2. The second-order valence-electron chi connectivity index (χ2n) is 3.55. The number of hydrogen-bond acceptors (Lipinski definition) is 5. The highest BCUT2D eigenvalue weighted by Crippen LogP contribution is 2.32. The van der Waals surface area contributed by atoms with Crippen LogP contribution in [0.1, 0.15) is 19.8 Å². The average Bonchev–Trinajstić information content (AvgIpc) is 2.44. The summed E-state index contributed by atoms with van der Waals surface area (Å²) in [6.07, 6.45) is 0.378. The van der Waals surface area contributed by atoms with E-state index in [1.54, 1.807) is 0 Å². The lowest BCUT2D eigenvalue weighted by Crippen LogP contribution is -2.41. The summed E-state index contributed by atoms with van der Waals surface area (Å²) < 4.78 is 5.04. The minimum Gasteiger partial charge on any atom is -0.460 e. The normalized spacial score (nSPS) is 42.0. The molecule has 1 aliphatic heterocycles. The van der Waals surface area contributed by atoms with E-state index in [1.165, 1.54) is 6.92 Å². The summed E-state index contributed by atoms with van der Waals surface area (Å²) in [6, 6.07) is -0.103. The molecule has 1 N–H and O–H groups in total. The highest BCUT2D eigenvalue weighted by atomic mass is 16.5. The van der Waals surface area contributed by atoms with Crippen molar-refractivity contribution in [3.05, 3.63) is 0 Å². The van der Waals surface area contributed by atoms with Gasteiger partial charge in [0.25, 0.3) is 0 Å². The molecule has 4 atom stereocenters. The van der Waals surface area contributed by atoms with Gasteiger partial charge in [-0.15, -0.1) is 0 Å². The fraction of sp³-hybridized carbons (Fsp3) is 0.875. The van der Waals surface area contributed by atoms with Crippen LogP contribution in [0.2, 0.25) is 0 Å². The van der Waals surface area contributed by atoms with E-state index >= 15 is 0 Å². The van der Waals surface area contributed by atoms with Crippen molar-refractivity contribution in [2.75, 3.05) is 0 Å². The number of esters is 1. The molecule has 1 heterocycles. The van der Waals surface area contributed by atoms with Crippen LogP contribution in [-0.2, 0) is 9.53 Å². The van der Waals surface area contributed by atoms with Crippen molar-refractivity contribution in [2.45, 2.75) is 44.1 Å². The molecule has 1 fully saturated rings. The number of ether oxygens (including phenoxy) is 1. The first-order chi connectivity index (χ1) is 6.16. The number of carbonyl (C=O) groups is 1. The Hall–Kier alpha value is -0.970. The summed E-state index contributed by atoms with van der Waals surface area (Å²) in [4.78, 5) is 10.7. The maximum Gasteiger partial charge on any atom is 0.302 e. The van der Waals surface area contributed by atoms with Crippen LogP contribution >= 0.6 is 0 Å². The molecule has 2 aliphatic rings. The Bertz CT molecular complexity index is 254. The smallest absolute Gasteiger partial charge is 0.302 e. The second kappa shape index (κ2) is 3.06. The van der Waals surface area contributed by atoms with Crippen molar-refractivity contribution < 1.29 is 14.6 Å². The molecule has 1 saturated carbocycles. The van der Waals surface area contributed by atoms with E-state index < -0.39 is 6.10 Å². The van der Waals surface area contributed by atoms with Gasteiger partial charge in [-0.1, -0.05) is 0 Å². The zero-order valence-corrected chi connectivity index (χ0v) is 7.38. The van der Waals surface area contributed by atoms with Crippen molar-refractivity contribution >= 4 is 5.97 Å². The van der Waals surface area contributed by atoms with Gasteiger partial charge in [0.15, 0.2) is 0 Å². The molecule has 1 aliphatic carbocycles. The topological polar surface area (TPSA) is 71.2 Å². The van der Waals surface area contributed by atoms with Crippen LogP contribution in [0.15, 0.2) is 10.2 Å². The van der Waals surface area contributed by atoms with Crippen LogP contribution in [0.25, 0.3) is 0 Å². The molecule has 5 heteroatoms. The van der Waals surface area contributed by atoms with E-state index in [0.29, 0.717) is 12.8 Å². The largest absolute Gasteiger partial charge is 0.460 e. The number of fused-ring (bicyclic) bond motifs is 2. The van der Waals surface area contributed by atoms with Crippen LogP contribution in [0.3, 0.4) is 0 Å². The summed E-state index contributed by atoms with van der Waals surface area (Å²) in [6.45, 7) is 1.37. The molecule has 0 aromatic carbocycles. The summed E-state index contributed by atoms with van der Waals surface area (Å²) in [5, 5.41) is 17.4. The minimum atomic E-state index is -0.508. The van der Waals surface area contributed by atoms with Crippen molar-refractivity contribution in [1.82, 2.24) is 0 Å². The van der Waals surface area contributed by atoms with Gasteiger partial charge in [-0.25, -0.2) is 0 Å². The predicted molar refractivity (Wildman–Crippen MR) is 43.2 cm³/mol. The number of rotatable bonds is 1. The third-order valence-electron chi connectivity index (χ3n) is 2.51. The molecule has 2 bridgehead atoms. The summed E-state index contributed by atoms with van der Waals surface area (Å²) in [5.74, 6) is -0.322. The molecule has 5 nitrogen and oxygen atoms in total. The summed E-state index contributed by atoms with van der Waals surface area (Å²) >= 11 is 0. The first-order valence-corrected chi connectivity index (χ1v) is 4.42. The van der Waals surface area contributed by atoms with Crippen LogP contribution in [0.5, 0.6) is 0 Å². The van der Waals surface area contributed by atoms with E-state index in [2.05, 4.69) is 10.2 Å². The van der Waals surface area contributed by atoms with Crippen LogP contribution < -0.4 is 0 Å². The van der Waals surface area contributed by atoms with Gasteiger partial charge in [-0.3, -0.25) is 4.79 Å². The zero-order valence-electron chi connectivity index (χ0n) is 7.38. The Kier molecular flexibility index (Phi) is 2.03. The number of carbonyl (C=O) groups excluding carboxylic acids is 1. The molecular formula is C8H12N2O3. The molecule has 0 saturated heterocycles. The molecule has 72 valence electrons. The average molecular weight is 184 g/mol. The molecule has 4 unspecified atom stereocenters. The highest BCUT2D eigenvalue weighted by molar-refractivity contribution is 5.66. The first-order valence-electron chi connectivity index (χ1n) is 4.42. The lowest BCUT2D eigenvalue weighted by atomic mass is 9.88. The van der Waals surface area contributed by atoms with Gasteiger partial charge < -0.3 is 9.84 Å². The van der Waals surface area contributed by atoms with Gasteiger partial charge in [-0.05, 0) is 0 Å². The molecule has 0 amide bonds. The van der Waals surface area contributed by atoms with E-state index in [0.717, 1.165) is 0 Å². The van der Waals surface area contributed by atoms with Crippen LogP contribution in [0, 0.1) is 0 Å². The monoisotopic (exact) mass is 184 g/mol. The van der Waals surface area contributed by atoms with E-state index in [4.69, 9.17) is 4.74 Å². The van der Waals surface area contributed by atoms with Crippen LogP contribution in [0.4, 0.5) is 0 Å². The fourth-order valence-electron chi connectivity index (χ4n) is 1.87. The molecule has 0 spiro atoms. The second-order valence-corrected chi connectivity index (χ2v) is 3.55. The summed E-state index contributed by atoms with van der Waals surface area (Å²) in [7, 11) is 0. The molecule has 13 heavy (non-hydrogen) atoms. The Balaban J connectivity index is 2.04. The number of aliphatic hydroxyl groups is 1. The summed E-state index contributed by atoms with van der Waals surface area (Å²) in [5.41, 5.74) is 0. The lowest BCUT2D eigenvalue weighted by molar-refractivity contribution is -0.150. The van der Waals surface area contributed by atoms with Crippen LogP contribution in [-0.4, -0.2) is 35.4 Å². The van der Waals surface area contributed by atoms with Gasteiger partial charge in [0.1, 0.15) is 12.1 Å². The minimum absolute atomic E-state index is 0.0303. The molecule has 2 rings (SSSR count). The van der Waals surface area contributed by atoms with E-state index in [-0.39, 0.29) is 24.2 Å². The predicted octanol–water partition coefficient (Wildman–Crippen LogP) is 0.276. The maximum atomic E-state index is 10.7. The first kappa shape index (κ1) is 8.62. The Morgan fingerprint density at radius 3 is 2.77 bits per heavy atom. The maximum absolute atomic E-state index is 10.7. The number of hydrogen-bond donors (Lipinski definition) is 1. The molecular weight excluding hydrogens is 172 g/mol. The Labute approximate surface area is 75.8 Å².